The van der Waals surface area contributed by atoms with Crippen LogP contribution in [0.4, 0.5) is 5.69 Å². The summed E-state index contributed by atoms with van der Waals surface area (Å²) >= 11 is 3.41. The number of amides is 1. The zero-order chi connectivity index (χ0) is 14.6. The van der Waals surface area contributed by atoms with E-state index in [1.807, 2.05) is 12.1 Å². The molecule has 0 heterocycles. The van der Waals surface area contributed by atoms with Gasteiger partial charge in [-0.2, -0.15) is 0 Å². The quantitative estimate of drug-likeness (QED) is 0.802. The first-order valence-electron chi connectivity index (χ1n) is 7.95. The van der Waals surface area contributed by atoms with Crippen LogP contribution in [0.2, 0.25) is 0 Å². The molecule has 0 aliphatic heterocycles. The fraction of sp³-hybridized carbons (Fsp3) is 0.588. The van der Waals surface area contributed by atoms with Crippen molar-refractivity contribution in [3.8, 4) is 0 Å². The Hall–Kier alpha value is -1.03. The van der Waals surface area contributed by atoms with Gasteiger partial charge in [-0.15, -0.1) is 0 Å². The zero-order valence-corrected chi connectivity index (χ0v) is 13.6. The van der Waals surface area contributed by atoms with E-state index < -0.39 is 0 Å². The van der Waals surface area contributed by atoms with Crippen LogP contribution in [-0.2, 0) is 0 Å². The van der Waals surface area contributed by atoms with Gasteiger partial charge in [-0.25, -0.2) is 0 Å². The zero-order valence-electron chi connectivity index (χ0n) is 12.0. The number of anilines is 1. The topological polar surface area (TPSA) is 55.1 Å². The normalized spacial score (nSPS) is 36.7. The van der Waals surface area contributed by atoms with Gasteiger partial charge in [0.05, 0.1) is 0 Å². The summed E-state index contributed by atoms with van der Waals surface area (Å²) in [5.74, 6) is 3.30. The molecule has 0 aromatic heterocycles. The van der Waals surface area contributed by atoms with Crippen LogP contribution in [0.1, 0.15) is 42.5 Å². The lowest BCUT2D eigenvalue weighted by molar-refractivity contribution is -0.0119. The molecule has 0 atom stereocenters. The molecule has 4 bridgehead atoms. The Kier molecular flexibility index (Phi) is 3.25. The lowest BCUT2D eigenvalue weighted by atomic mass is 9.54. The lowest BCUT2D eigenvalue weighted by Crippen LogP contribution is -2.55. The summed E-state index contributed by atoms with van der Waals surface area (Å²) in [6, 6.07) is 5.81. The van der Waals surface area contributed by atoms with Gasteiger partial charge < -0.3 is 11.1 Å². The maximum Gasteiger partial charge on any atom is 0.251 e. The van der Waals surface area contributed by atoms with E-state index in [1.54, 1.807) is 6.07 Å². The second kappa shape index (κ2) is 5.01. The smallest absolute Gasteiger partial charge is 0.251 e. The van der Waals surface area contributed by atoms with Crippen LogP contribution in [0.3, 0.4) is 0 Å². The van der Waals surface area contributed by atoms with Gasteiger partial charge in [-0.1, -0.05) is 15.9 Å². The van der Waals surface area contributed by atoms with Gasteiger partial charge in [-0.3, -0.25) is 4.79 Å². The summed E-state index contributed by atoms with van der Waals surface area (Å²) in [7, 11) is 0. The molecule has 4 saturated carbocycles. The van der Waals surface area contributed by atoms with Gasteiger partial charge in [0.25, 0.3) is 5.91 Å². The molecular weight excluding hydrogens is 328 g/mol. The largest absolute Gasteiger partial charge is 0.399 e. The third-order valence-corrected chi connectivity index (χ3v) is 6.16. The molecule has 0 radical (unpaired) electrons. The van der Waals surface area contributed by atoms with E-state index in [-0.39, 0.29) is 5.91 Å². The minimum Gasteiger partial charge on any atom is -0.399 e. The fourth-order valence-corrected chi connectivity index (χ4v) is 5.65. The molecule has 1 amide bonds. The number of nitrogens with two attached hydrogens (primary N) is 1. The predicted octanol–water partition coefficient (Wildman–Crippen LogP) is 3.59. The SMILES string of the molecule is Nc1cc(Br)cc(C(=O)NC2C3CC4CC(C3)CC2C4)c1. The molecule has 1 aromatic rings. The summed E-state index contributed by atoms with van der Waals surface area (Å²) in [5, 5.41) is 3.32. The number of benzene rings is 1. The monoisotopic (exact) mass is 348 g/mol. The Bertz CT molecular complexity index is 538. The summed E-state index contributed by atoms with van der Waals surface area (Å²) < 4.78 is 0.859. The molecule has 112 valence electrons. The Morgan fingerprint density at radius 2 is 1.67 bits per heavy atom. The van der Waals surface area contributed by atoms with Crippen LogP contribution >= 0.6 is 15.9 Å². The van der Waals surface area contributed by atoms with Crippen molar-refractivity contribution in [2.45, 2.75) is 38.1 Å². The van der Waals surface area contributed by atoms with E-state index in [2.05, 4.69) is 21.2 Å². The second-order valence-corrected chi connectivity index (χ2v) is 8.12. The highest BCUT2D eigenvalue weighted by Crippen LogP contribution is 2.53. The van der Waals surface area contributed by atoms with Crippen molar-refractivity contribution in [1.82, 2.24) is 5.32 Å². The van der Waals surface area contributed by atoms with Crippen LogP contribution in [0.25, 0.3) is 0 Å². The number of nitrogens with one attached hydrogen (secondary N) is 1. The molecule has 21 heavy (non-hydrogen) atoms. The Balaban J connectivity index is 1.52. The van der Waals surface area contributed by atoms with Crippen LogP contribution in [-0.4, -0.2) is 11.9 Å². The van der Waals surface area contributed by atoms with Gasteiger partial charge in [0.15, 0.2) is 0 Å². The average molecular weight is 349 g/mol. The van der Waals surface area contributed by atoms with E-state index >= 15 is 0 Å². The van der Waals surface area contributed by atoms with E-state index in [9.17, 15) is 4.79 Å². The molecule has 4 aliphatic rings. The Labute approximate surface area is 133 Å². The fourth-order valence-electron chi connectivity index (χ4n) is 5.14. The van der Waals surface area contributed by atoms with Crippen molar-refractivity contribution >= 4 is 27.5 Å². The number of hydrogen-bond donors (Lipinski definition) is 2. The number of nitrogen functional groups attached to an aromatic ring is 1. The number of carbonyl (C=O) groups excluding carboxylic acids is 1. The first-order chi connectivity index (χ1) is 10.1. The van der Waals surface area contributed by atoms with Gasteiger partial charge in [0, 0.05) is 21.8 Å². The first kappa shape index (κ1) is 13.6. The van der Waals surface area contributed by atoms with Crippen molar-refractivity contribution in [2.24, 2.45) is 23.7 Å². The van der Waals surface area contributed by atoms with E-state index in [4.69, 9.17) is 5.73 Å². The highest BCUT2D eigenvalue weighted by Gasteiger charge is 2.48. The minimum atomic E-state index is 0.0282. The second-order valence-electron chi connectivity index (χ2n) is 7.20. The third-order valence-electron chi connectivity index (χ3n) is 5.71. The van der Waals surface area contributed by atoms with Gasteiger partial charge >= 0.3 is 0 Å². The molecule has 5 rings (SSSR count). The van der Waals surface area contributed by atoms with Crippen LogP contribution in [0.5, 0.6) is 0 Å². The molecule has 4 heteroatoms. The molecule has 0 unspecified atom stereocenters. The van der Waals surface area contributed by atoms with Crippen LogP contribution < -0.4 is 11.1 Å². The van der Waals surface area contributed by atoms with Crippen molar-refractivity contribution in [2.75, 3.05) is 5.73 Å². The van der Waals surface area contributed by atoms with Crippen LogP contribution in [0.15, 0.2) is 22.7 Å². The van der Waals surface area contributed by atoms with E-state index in [0.29, 0.717) is 29.1 Å². The molecule has 4 aliphatic carbocycles. The summed E-state index contributed by atoms with van der Waals surface area (Å²) in [5.41, 5.74) is 7.12. The molecule has 0 saturated heterocycles. The summed E-state index contributed by atoms with van der Waals surface area (Å²) in [6.45, 7) is 0. The summed E-state index contributed by atoms with van der Waals surface area (Å²) in [4.78, 5) is 12.6. The highest BCUT2D eigenvalue weighted by atomic mass is 79.9. The predicted molar refractivity (Wildman–Crippen MR) is 86.9 cm³/mol. The molecule has 3 N–H and O–H groups in total. The third kappa shape index (κ3) is 2.48. The first-order valence-corrected chi connectivity index (χ1v) is 8.74. The number of rotatable bonds is 2. The lowest BCUT2D eigenvalue weighted by Gasteiger charge is -2.54. The average Bonchev–Trinajstić information content (AvgIpc) is 2.40. The van der Waals surface area contributed by atoms with Crippen molar-refractivity contribution in [3.05, 3.63) is 28.2 Å². The van der Waals surface area contributed by atoms with Crippen molar-refractivity contribution < 1.29 is 4.79 Å². The molecule has 0 spiro atoms. The number of carbonyl (C=O) groups is 1. The highest BCUT2D eigenvalue weighted by molar-refractivity contribution is 9.10. The molecule has 1 aromatic carbocycles. The molecule has 4 fully saturated rings. The van der Waals surface area contributed by atoms with Gasteiger partial charge in [0.2, 0.25) is 0 Å². The Morgan fingerprint density at radius 3 is 2.24 bits per heavy atom. The standard InChI is InChI=1S/C17H21BrN2O/c18-14-6-13(7-15(19)8-14)17(21)20-16-11-2-9-1-10(4-11)5-12(16)3-9/h6-12,16H,1-5,19H2,(H,20,21). The maximum atomic E-state index is 12.6. The number of halogens is 1. The van der Waals surface area contributed by atoms with Gasteiger partial charge in [0.1, 0.15) is 0 Å². The molecular formula is C17H21BrN2O. The summed E-state index contributed by atoms with van der Waals surface area (Å²) in [6.07, 6.45) is 6.71. The molecule has 3 nitrogen and oxygen atoms in total. The Morgan fingerprint density at radius 1 is 1.05 bits per heavy atom. The van der Waals surface area contributed by atoms with Crippen LogP contribution in [0, 0.1) is 23.7 Å². The van der Waals surface area contributed by atoms with E-state index in [0.717, 1.165) is 16.3 Å². The maximum absolute atomic E-state index is 12.6. The minimum absolute atomic E-state index is 0.0282. The van der Waals surface area contributed by atoms with Gasteiger partial charge in [-0.05, 0) is 74.0 Å². The number of hydrogen-bond acceptors (Lipinski definition) is 2. The van der Waals surface area contributed by atoms with Crippen molar-refractivity contribution in [1.29, 1.82) is 0 Å². The van der Waals surface area contributed by atoms with E-state index in [1.165, 1.54) is 32.1 Å². The van der Waals surface area contributed by atoms with Crippen molar-refractivity contribution in [3.63, 3.8) is 0 Å².